The smallest absolute Gasteiger partial charge is 0.0722 e. The number of hydrogen-bond acceptors (Lipinski definition) is 2. The van der Waals surface area contributed by atoms with Crippen LogP contribution in [0, 0.1) is 5.41 Å². The van der Waals surface area contributed by atoms with Crippen molar-refractivity contribution in [2.24, 2.45) is 5.41 Å². The fraction of sp³-hybridized carbons (Fsp3) is 0.438. The summed E-state index contributed by atoms with van der Waals surface area (Å²) in [6.07, 6.45) is 5.76. The summed E-state index contributed by atoms with van der Waals surface area (Å²) in [5.74, 6) is 0. The van der Waals surface area contributed by atoms with E-state index in [0.717, 1.165) is 5.52 Å². The van der Waals surface area contributed by atoms with Crippen LogP contribution < -0.4 is 5.32 Å². The predicted molar refractivity (Wildman–Crippen MR) is 76.8 cm³/mol. The lowest BCUT2D eigenvalue weighted by molar-refractivity contribution is 0.350. The van der Waals surface area contributed by atoms with Crippen molar-refractivity contribution in [1.29, 1.82) is 0 Å². The molecule has 1 saturated carbocycles. The molecule has 94 valence electrons. The molecule has 0 bridgehead atoms. The summed E-state index contributed by atoms with van der Waals surface area (Å²) in [6.45, 7) is 4.72. The summed E-state index contributed by atoms with van der Waals surface area (Å²) in [7, 11) is 0. The first-order chi connectivity index (χ1) is 8.67. The van der Waals surface area contributed by atoms with Crippen molar-refractivity contribution in [1.82, 2.24) is 4.98 Å². The number of pyridine rings is 1. The van der Waals surface area contributed by atoms with Crippen LogP contribution in [0.5, 0.6) is 0 Å². The molecule has 1 fully saturated rings. The fourth-order valence-corrected chi connectivity index (χ4v) is 3.01. The zero-order valence-corrected chi connectivity index (χ0v) is 11.1. The lowest BCUT2D eigenvalue weighted by atomic mass is 9.87. The highest BCUT2D eigenvalue weighted by molar-refractivity contribution is 5.91. The van der Waals surface area contributed by atoms with Gasteiger partial charge in [-0.2, -0.15) is 0 Å². The van der Waals surface area contributed by atoms with Crippen LogP contribution in [0.15, 0.2) is 36.5 Å². The van der Waals surface area contributed by atoms with Crippen LogP contribution >= 0.6 is 0 Å². The largest absolute Gasteiger partial charge is 0.381 e. The van der Waals surface area contributed by atoms with Crippen molar-refractivity contribution in [3.05, 3.63) is 36.5 Å². The van der Waals surface area contributed by atoms with Gasteiger partial charge in [-0.15, -0.1) is 0 Å². The predicted octanol–water partition coefficient (Wildman–Crippen LogP) is 4.23. The first-order valence-corrected chi connectivity index (χ1v) is 6.77. The molecular formula is C16H20N2. The normalized spacial score (nSPS) is 22.2. The van der Waals surface area contributed by atoms with Gasteiger partial charge in [-0.25, -0.2) is 0 Å². The number of rotatable bonds is 2. The summed E-state index contributed by atoms with van der Waals surface area (Å²) in [4.78, 5) is 4.41. The molecule has 18 heavy (non-hydrogen) atoms. The van der Waals surface area contributed by atoms with E-state index < -0.39 is 0 Å². The third kappa shape index (κ3) is 1.96. The first kappa shape index (κ1) is 11.5. The van der Waals surface area contributed by atoms with Crippen molar-refractivity contribution in [2.75, 3.05) is 5.32 Å². The molecule has 0 radical (unpaired) electrons. The fourth-order valence-electron chi connectivity index (χ4n) is 3.01. The van der Waals surface area contributed by atoms with Gasteiger partial charge in [0, 0.05) is 23.3 Å². The topological polar surface area (TPSA) is 24.9 Å². The lowest BCUT2D eigenvalue weighted by Crippen LogP contribution is -2.30. The lowest BCUT2D eigenvalue weighted by Gasteiger charge is -2.29. The van der Waals surface area contributed by atoms with E-state index in [1.54, 1.807) is 0 Å². The monoisotopic (exact) mass is 240 g/mol. The molecule has 1 aromatic carbocycles. The summed E-state index contributed by atoms with van der Waals surface area (Å²) < 4.78 is 0. The molecule has 1 N–H and O–H groups in total. The van der Waals surface area contributed by atoms with E-state index in [9.17, 15) is 0 Å². The van der Waals surface area contributed by atoms with Crippen LogP contribution in [0.3, 0.4) is 0 Å². The number of aromatic nitrogens is 1. The summed E-state index contributed by atoms with van der Waals surface area (Å²) in [6, 6.07) is 11.0. The summed E-state index contributed by atoms with van der Waals surface area (Å²) in [5.41, 5.74) is 2.68. The maximum Gasteiger partial charge on any atom is 0.0722 e. The third-order valence-corrected chi connectivity index (χ3v) is 4.23. The van der Waals surface area contributed by atoms with Crippen LogP contribution in [0.4, 0.5) is 5.69 Å². The highest BCUT2D eigenvalue weighted by Gasteiger charge is 2.34. The Balaban J connectivity index is 1.95. The molecule has 0 aliphatic heterocycles. The van der Waals surface area contributed by atoms with Crippen molar-refractivity contribution in [2.45, 2.75) is 39.2 Å². The quantitative estimate of drug-likeness (QED) is 0.850. The van der Waals surface area contributed by atoms with Gasteiger partial charge in [-0.1, -0.05) is 26.3 Å². The van der Waals surface area contributed by atoms with Gasteiger partial charge < -0.3 is 5.32 Å². The van der Waals surface area contributed by atoms with E-state index in [4.69, 9.17) is 0 Å². The second-order valence-electron chi connectivity index (χ2n) is 5.95. The molecule has 0 amide bonds. The van der Waals surface area contributed by atoms with Crippen LogP contribution in [-0.2, 0) is 0 Å². The average molecular weight is 240 g/mol. The minimum atomic E-state index is 0.393. The van der Waals surface area contributed by atoms with Crippen molar-refractivity contribution in [3.8, 4) is 0 Å². The van der Waals surface area contributed by atoms with Gasteiger partial charge in [0.05, 0.1) is 5.52 Å². The van der Waals surface area contributed by atoms with Gasteiger partial charge in [0.2, 0.25) is 0 Å². The van der Waals surface area contributed by atoms with Gasteiger partial charge in [0.1, 0.15) is 0 Å². The number of fused-ring (bicyclic) bond motifs is 1. The SMILES string of the molecule is CC1(C)CCCC1Nc1cccc2ncccc12. The number of nitrogens with one attached hydrogen (secondary N) is 1. The summed E-state index contributed by atoms with van der Waals surface area (Å²) in [5, 5.41) is 4.96. The molecule has 2 nitrogen and oxygen atoms in total. The Bertz CT molecular complexity index is 555. The Morgan fingerprint density at radius 2 is 2.11 bits per heavy atom. The maximum absolute atomic E-state index is 4.41. The van der Waals surface area contributed by atoms with E-state index >= 15 is 0 Å². The Kier molecular flexibility index (Phi) is 2.73. The van der Waals surface area contributed by atoms with Crippen molar-refractivity contribution < 1.29 is 0 Å². The third-order valence-electron chi connectivity index (χ3n) is 4.23. The highest BCUT2D eigenvalue weighted by atomic mass is 14.9. The van der Waals surface area contributed by atoms with Crippen LogP contribution in [0.2, 0.25) is 0 Å². The minimum Gasteiger partial charge on any atom is -0.381 e. The molecule has 1 heterocycles. The molecule has 0 spiro atoms. The van der Waals surface area contributed by atoms with E-state index in [1.165, 1.54) is 30.3 Å². The molecular weight excluding hydrogens is 220 g/mol. The van der Waals surface area contributed by atoms with Gasteiger partial charge in [0.25, 0.3) is 0 Å². The number of anilines is 1. The Labute approximate surface area is 108 Å². The molecule has 2 aromatic rings. The molecule has 1 aromatic heterocycles. The minimum absolute atomic E-state index is 0.393. The Hall–Kier alpha value is -1.57. The molecule has 0 saturated heterocycles. The molecule has 1 aliphatic rings. The molecule has 3 rings (SSSR count). The first-order valence-electron chi connectivity index (χ1n) is 6.77. The van der Waals surface area contributed by atoms with Gasteiger partial charge >= 0.3 is 0 Å². The van der Waals surface area contributed by atoms with Crippen molar-refractivity contribution in [3.63, 3.8) is 0 Å². The van der Waals surface area contributed by atoms with E-state index in [-0.39, 0.29) is 0 Å². The average Bonchev–Trinajstić information content (AvgIpc) is 2.69. The Morgan fingerprint density at radius 3 is 2.89 bits per heavy atom. The number of nitrogens with zero attached hydrogens (tertiary/aromatic N) is 1. The zero-order chi connectivity index (χ0) is 12.6. The maximum atomic E-state index is 4.41. The van der Waals surface area contributed by atoms with E-state index in [2.05, 4.69) is 48.4 Å². The highest BCUT2D eigenvalue weighted by Crippen LogP contribution is 2.39. The summed E-state index contributed by atoms with van der Waals surface area (Å²) >= 11 is 0. The second-order valence-corrected chi connectivity index (χ2v) is 5.95. The van der Waals surface area contributed by atoms with E-state index in [0.29, 0.717) is 11.5 Å². The molecule has 2 heteroatoms. The molecule has 1 aliphatic carbocycles. The van der Waals surface area contributed by atoms with Gasteiger partial charge in [0.15, 0.2) is 0 Å². The molecule has 1 unspecified atom stereocenters. The second kappa shape index (κ2) is 4.27. The van der Waals surface area contributed by atoms with E-state index in [1.807, 2.05) is 12.3 Å². The zero-order valence-electron chi connectivity index (χ0n) is 11.1. The van der Waals surface area contributed by atoms with Crippen molar-refractivity contribution >= 4 is 16.6 Å². The molecule has 1 atom stereocenters. The number of benzene rings is 1. The van der Waals surface area contributed by atoms with Crippen LogP contribution in [0.25, 0.3) is 10.9 Å². The Morgan fingerprint density at radius 1 is 1.22 bits per heavy atom. The van der Waals surface area contributed by atoms with Gasteiger partial charge in [-0.3, -0.25) is 4.98 Å². The number of hydrogen-bond donors (Lipinski definition) is 1. The van der Waals surface area contributed by atoms with Gasteiger partial charge in [-0.05, 0) is 42.5 Å². The van der Waals surface area contributed by atoms with Crippen LogP contribution in [0.1, 0.15) is 33.1 Å². The standard InChI is InChI=1S/C16H20N2/c1-16(2)10-4-9-15(16)18-14-8-3-7-13-12(14)6-5-11-17-13/h3,5-8,11,15,18H,4,9-10H2,1-2H3. The van der Waals surface area contributed by atoms with Crippen LogP contribution in [-0.4, -0.2) is 11.0 Å².